The van der Waals surface area contributed by atoms with Crippen molar-refractivity contribution >= 4 is 27.3 Å². The van der Waals surface area contributed by atoms with Crippen molar-refractivity contribution in [3.05, 3.63) is 120 Å². The maximum absolute atomic E-state index is 12.7. The zero-order valence-electron chi connectivity index (χ0n) is 18.6. The van der Waals surface area contributed by atoms with Crippen molar-refractivity contribution in [1.29, 1.82) is 0 Å². The molecule has 4 aromatic carbocycles. The third kappa shape index (κ3) is 5.82. The molecule has 0 aliphatic rings. The molecule has 4 aromatic rings. The Balaban J connectivity index is 1.42. The lowest BCUT2D eigenvalue weighted by atomic mass is 10.1. The number of amides is 1. The molecular weight excluding hydrogens is 448 g/mol. The van der Waals surface area contributed by atoms with Crippen molar-refractivity contribution in [2.75, 3.05) is 10.0 Å². The third-order valence-corrected chi connectivity index (χ3v) is 6.54. The molecule has 0 saturated carbocycles. The molecule has 0 aliphatic heterocycles. The van der Waals surface area contributed by atoms with E-state index in [1.807, 2.05) is 42.5 Å². The highest BCUT2D eigenvalue weighted by molar-refractivity contribution is 7.92. The van der Waals surface area contributed by atoms with Crippen molar-refractivity contribution in [3.8, 4) is 5.75 Å². The van der Waals surface area contributed by atoms with Gasteiger partial charge >= 0.3 is 0 Å². The first-order chi connectivity index (χ1) is 16.4. The number of hydrogen-bond donors (Lipinski definition) is 2. The molecule has 0 unspecified atom stereocenters. The van der Waals surface area contributed by atoms with Crippen LogP contribution in [0.3, 0.4) is 0 Å². The van der Waals surface area contributed by atoms with Gasteiger partial charge in [0.2, 0.25) is 0 Å². The Morgan fingerprint density at radius 2 is 1.47 bits per heavy atom. The Bertz CT molecular complexity index is 1370. The van der Waals surface area contributed by atoms with Crippen LogP contribution in [0.2, 0.25) is 0 Å². The minimum absolute atomic E-state index is 0.167. The first-order valence-corrected chi connectivity index (χ1v) is 12.2. The van der Waals surface area contributed by atoms with Crippen molar-refractivity contribution in [1.82, 2.24) is 0 Å². The number of sulfonamides is 1. The summed E-state index contributed by atoms with van der Waals surface area (Å²) in [6.07, 6.45) is 0. The van der Waals surface area contributed by atoms with E-state index < -0.39 is 10.0 Å². The molecular formula is C27H24N2O4S. The van der Waals surface area contributed by atoms with Crippen LogP contribution in [0.5, 0.6) is 5.75 Å². The highest BCUT2D eigenvalue weighted by Gasteiger charge is 2.15. The molecule has 0 aromatic heterocycles. The molecule has 7 heteroatoms. The van der Waals surface area contributed by atoms with Gasteiger partial charge in [0, 0.05) is 11.3 Å². The van der Waals surface area contributed by atoms with E-state index in [1.54, 1.807) is 55.5 Å². The molecule has 0 spiro atoms. The van der Waals surface area contributed by atoms with Crippen LogP contribution >= 0.6 is 0 Å². The minimum atomic E-state index is -3.74. The Morgan fingerprint density at radius 3 is 2.15 bits per heavy atom. The van der Waals surface area contributed by atoms with Gasteiger partial charge < -0.3 is 10.1 Å². The van der Waals surface area contributed by atoms with E-state index in [9.17, 15) is 13.2 Å². The van der Waals surface area contributed by atoms with Gasteiger partial charge in [0.25, 0.3) is 15.9 Å². The molecule has 0 radical (unpaired) electrons. The monoisotopic (exact) mass is 472 g/mol. The molecule has 0 fully saturated rings. The molecule has 0 saturated heterocycles. The normalized spacial score (nSPS) is 11.0. The lowest BCUT2D eigenvalue weighted by molar-refractivity contribution is 0.102. The summed E-state index contributed by atoms with van der Waals surface area (Å²) in [6, 6.07) is 29.9. The number of benzene rings is 4. The van der Waals surface area contributed by atoms with Gasteiger partial charge in [-0.15, -0.1) is 0 Å². The van der Waals surface area contributed by atoms with Gasteiger partial charge in [-0.3, -0.25) is 9.52 Å². The largest absolute Gasteiger partial charge is 0.489 e. The maximum Gasteiger partial charge on any atom is 0.261 e. The summed E-state index contributed by atoms with van der Waals surface area (Å²) in [7, 11) is -3.74. The van der Waals surface area contributed by atoms with Gasteiger partial charge in [0.15, 0.2) is 0 Å². The van der Waals surface area contributed by atoms with E-state index in [2.05, 4.69) is 10.0 Å². The zero-order chi connectivity index (χ0) is 24.0. The van der Waals surface area contributed by atoms with Crippen LogP contribution in [0.1, 0.15) is 21.5 Å². The summed E-state index contributed by atoms with van der Waals surface area (Å²) in [5, 5.41) is 2.82. The molecule has 0 bridgehead atoms. The number of para-hydroxylation sites is 1. The van der Waals surface area contributed by atoms with Crippen LogP contribution in [0.15, 0.2) is 108 Å². The summed E-state index contributed by atoms with van der Waals surface area (Å²) in [6.45, 7) is 2.19. The predicted molar refractivity (Wildman–Crippen MR) is 134 cm³/mol. The fraction of sp³-hybridized carbons (Fsp3) is 0.0741. The second-order valence-corrected chi connectivity index (χ2v) is 9.38. The molecule has 172 valence electrons. The van der Waals surface area contributed by atoms with Crippen LogP contribution < -0.4 is 14.8 Å². The van der Waals surface area contributed by atoms with Gasteiger partial charge in [0.1, 0.15) is 12.4 Å². The average Bonchev–Trinajstić information content (AvgIpc) is 2.86. The summed E-state index contributed by atoms with van der Waals surface area (Å²) >= 11 is 0. The first kappa shape index (κ1) is 23.1. The predicted octanol–water partition coefficient (Wildman–Crippen LogP) is 5.63. The van der Waals surface area contributed by atoms with Crippen LogP contribution in [-0.2, 0) is 16.6 Å². The van der Waals surface area contributed by atoms with Gasteiger partial charge in [-0.05, 0) is 66.6 Å². The van der Waals surface area contributed by atoms with E-state index in [0.717, 1.165) is 16.9 Å². The van der Waals surface area contributed by atoms with Crippen LogP contribution in [0.25, 0.3) is 0 Å². The number of aryl methyl sites for hydroxylation is 1. The molecule has 6 nitrogen and oxygen atoms in total. The molecule has 0 aliphatic carbocycles. The van der Waals surface area contributed by atoms with E-state index in [1.165, 1.54) is 12.1 Å². The summed E-state index contributed by atoms with van der Waals surface area (Å²) in [5.41, 5.74) is 3.04. The first-order valence-electron chi connectivity index (χ1n) is 10.7. The third-order valence-electron chi connectivity index (χ3n) is 5.16. The van der Waals surface area contributed by atoms with Crippen molar-refractivity contribution < 1.29 is 17.9 Å². The summed E-state index contributed by atoms with van der Waals surface area (Å²) < 4.78 is 33.7. The van der Waals surface area contributed by atoms with Gasteiger partial charge in [-0.2, -0.15) is 0 Å². The lowest BCUT2D eigenvalue weighted by Gasteiger charge is -2.13. The second kappa shape index (κ2) is 10.2. The highest BCUT2D eigenvalue weighted by Crippen LogP contribution is 2.24. The number of carbonyl (C=O) groups is 1. The fourth-order valence-electron chi connectivity index (χ4n) is 3.25. The quantitative estimate of drug-likeness (QED) is 0.348. The fourth-order valence-corrected chi connectivity index (χ4v) is 4.39. The maximum atomic E-state index is 12.7. The van der Waals surface area contributed by atoms with Crippen molar-refractivity contribution in [2.45, 2.75) is 18.4 Å². The van der Waals surface area contributed by atoms with Gasteiger partial charge in [0.05, 0.1) is 10.6 Å². The molecule has 0 heterocycles. The zero-order valence-corrected chi connectivity index (χ0v) is 19.4. The molecule has 4 rings (SSSR count). The van der Waals surface area contributed by atoms with Crippen molar-refractivity contribution in [3.63, 3.8) is 0 Å². The highest BCUT2D eigenvalue weighted by atomic mass is 32.2. The molecule has 1 amide bonds. The summed E-state index contributed by atoms with van der Waals surface area (Å²) in [5.74, 6) is 0.485. The number of rotatable bonds is 8. The number of carbonyl (C=O) groups excluding carboxylic acids is 1. The Labute approximate surface area is 199 Å². The topological polar surface area (TPSA) is 84.5 Å². The van der Waals surface area contributed by atoms with E-state index >= 15 is 0 Å². The number of ether oxygens (including phenoxy) is 1. The number of hydrogen-bond acceptors (Lipinski definition) is 4. The Morgan fingerprint density at radius 1 is 0.824 bits per heavy atom. The molecule has 0 atom stereocenters. The van der Waals surface area contributed by atoms with Gasteiger partial charge in [-0.1, -0.05) is 54.6 Å². The Kier molecular flexibility index (Phi) is 6.94. The summed E-state index contributed by atoms with van der Waals surface area (Å²) in [4.78, 5) is 12.9. The molecule has 2 N–H and O–H groups in total. The standard InChI is InChI=1S/C27H24N2O4S/c1-20-12-17-23(18-26(20)29-34(31,32)25-10-6-3-7-11-25)28-27(30)22-15-13-21(14-16-22)19-33-24-8-4-2-5-9-24/h2-18,29H,19H2,1H3,(H,28,30). The van der Waals surface area contributed by atoms with E-state index in [4.69, 9.17) is 4.74 Å². The number of anilines is 2. The smallest absolute Gasteiger partial charge is 0.261 e. The lowest BCUT2D eigenvalue weighted by Crippen LogP contribution is -2.15. The van der Waals surface area contributed by atoms with Crippen LogP contribution in [-0.4, -0.2) is 14.3 Å². The van der Waals surface area contributed by atoms with Gasteiger partial charge in [-0.25, -0.2) is 8.42 Å². The second-order valence-electron chi connectivity index (χ2n) is 7.70. The number of nitrogens with one attached hydrogen (secondary N) is 2. The molecule has 34 heavy (non-hydrogen) atoms. The minimum Gasteiger partial charge on any atom is -0.489 e. The van der Waals surface area contributed by atoms with Crippen LogP contribution in [0.4, 0.5) is 11.4 Å². The van der Waals surface area contributed by atoms with Crippen LogP contribution in [0, 0.1) is 6.92 Å². The average molecular weight is 473 g/mol. The Hall–Kier alpha value is -4.10. The van der Waals surface area contributed by atoms with E-state index in [-0.39, 0.29) is 10.8 Å². The SMILES string of the molecule is Cc1ccc(NC(=O)c2ccc(COc3ccccc3)cc2)cc1NS(=O)(=O)c1ccccc1. The van der Waals surface area contributed by atoms with E-state index in [0.29, 0.717) is 23.5 Å². The van der Waals surface area contributed by atoms with Crippen molar-refractivity contribution in [2.24, 2.45) is 0 Å².